The largest absolute Gasteiger partial charge is 0.332 e. The molecule has 0 bridgehead atoms. The van der Waals surface area contributed by atoms with E-state index in [0.29, 0.717) is 23.2 Å². The smallest absolute Gasteiger partial charge is 0.264 e. The predicted octanol–water partition coefficient (Wildman–Crippen LogP) is 3.64. The van der Waals surface area contributed by atoms with Crippen molar-refractivity contribution in [1.82, 2.24) is 19.7 Å². The van der Waals surface area contributed by atoms with E-state index in [2.05, 4.69) is 61.6 Å². The van der Waals surface area contributed by atoms with Crippen LogP contribution in [0.3, 0.4) is 0 Å². The molecule has 2 aromatic carbocycles. The third-order valence-corrected chi connectivity index (χ3v) is 6.11. The lowest BCUT2D eigenvalue weighted by Crippen LogP contribution is -2.20. The maximum Gasteiger partial charge on any atom is 0.264 e. The predicted molar refractivity (Wildman–Crippen MR) is 132 cm³/mol. The molecule has 2 aromatic heterocycles. The highest BCUT2D eigenvalue weighted by molar-refractivity contribution is 7.92. The Morgan fingerprint density at radius 3 is 2.36 bits per heavy atom. The van der Waals surface area contributed by atoms with E-state index in [-0.39, 0.29) is 10.8 Å². The van der Waals surface area contributed by atoms with Gasteiger partial charge in [-0.3, -0.25) is 4.68 Å². The maximum absolute atomic E-state index is 12.5. The van der Waals surface area contributed by atoms with Crippen molar-refractivity contribution in [2.45, 2.75) is 18.4 Å². The zero-order chi connectivity index (χ0) is 23.3. The van der Waals surface area contributed by atoms with Gasteiger partial charge in [-0.15, -0.1) is 0 Å². The van der Waals surface area contributed by atoms with Crippen LogP contribution in [0.25, 0.3) is 0 Å². The van der Waals surface area contributed by atoms with Crippen LogP contribution in [0, 0.1) is 6.92 Å². The quantitative estimate of drug-likeness (QED) is 0.344. The van der Waals surface area contributed by atoms with Gasteiger partial charge in [-0.2, -0.15) is 5.10 Å². The molecule has 4 rings (SSSR count). The van der Waals surface area contributed by atoms with Crippen LogP contribution in [0.5, 0.6) is 0 Å². The summed E-state index contributed by atoms with van der Waals surface area (Å²) in [5.41, 5.74) is 2.99. The maximum atomic E-state index is 12.5. The Labute approximate surface area is 197 Å². The minimum atomic E-state index is -3.80. The van der Waals surface area contributed by atoms with Crippen molar-refractivity contribution < 1.29 is 8.42 Å². The molecule has 33 heavy (non-hydrogen) atoms. The second-order valence-corrected chi connectivity index (χ2v) is 9.26. The third-order valence-electron chi connectivity index (χ3n) is 4.56. The molecule has 0 radical (unpaired) electrons. The summed E-state index contributed by atoms with van der Waals surface area (Å²) in [5, 5.41) is 10.8. The molecule has 0 atom stereocenters. The van der Waals surface area contributed by atoms with E-state index < -0.39 is 10.0 Å². The Morgan fingerprint density at radius 2 is 1.67 bits per heavy atom. The summed E-state index contributed by atoms with van der Waals surface area (Å²) in [4.78, 5) is 7.81. The Kier molecular flexibility index (Phi) is 6.61. The van der Waals surface area contributed by atoms with Gasteiger partial charge in [0.15, 0.2) is 10.9 Å². The lowest BCUT2D eigenvalue weighted by atomic mass is 10.1. The number of hydrogen-bond acceptors (Lipinski definition) is 6. The molecule has 0 spiro atoms. The van der Waals surface area contributed by atoms with Gasteiger partial charge in [0.05, 0.1) is 11.4 Å². The average Bonchev–Trinajstić information content (AvgIpc) is 3.22. The highest BCUT2D eigenvalue weighted by Gasteiger charge is 2.15. The summed E-state index contributed by atoms with van der Waals surface area (Å²) < 4.78 is 29.1. The van der Waals surface area contributed by atoms with Crippen LogP contribution >= 0.6 is 12.2 Å². The van der Waals surface area contributed by atoms with E-state index in [1.165, 1.54) is 30.1 Å². The Morgan fingerprint density at radius 1 is 0.970 bits per heavy atom. The van der Waals surface area contributed by atoms with E-state index in [4.69, 9.17) is 12.2 Å². The van der Waals surface area contributed by atoms with Gasteiger partial charge >= 0.3 is 0 Å². The lowest BCUT2D eigenvalue weighted by Gasteiger charge is -2.10. The fourth-order valence-corrected chi connectivity index (χ4v) is 4.10. The summed E-state index contributed by atoms with van der Waals surface area (Å²) in [6.07, 6.45) is 4.78. The molecule has 0 unspecified atom stereocenters. The standard InChI is InChI=1S/C22H21N7O2S2/c1-16-3-5-17(6-4-16)15-29-14-11-20(27-29)26-22(32)25-18-7-9-19(10-8-18)33(30,31)28-21-23-12-2-13-24-21/h2-14H,15H2,1H3,(H,23,24,28)(H2,25,26,27,32). The topological polar surface area (TPSA) is 114 Å². The van der Waals surface area contributed by atoms with Gasteiger partial charge in [-0.05, 0) is 55.0 Å². The number of thiocarbonyl (C=S) groups is 1. The Bertz CT molecular complexity index is 1340. The van der Waals surface area contributed by atoms with Gasteiger partial charge in [0.2, 0.25) is 5.95 Å². The normalized spacial score (nSPS) is 11.1. The SMILES string of the molecule is Cc1ccc(Cn2ccc(NC(=S)Nc3ccc(S(=O)(=O)Nc4ncccn4)cc3)n2)cc1. The first-order chi connectivity index (χ1) is 15.9. The monoisotopic (exact) mass is 479 g/mol. The van der Waals surface area contributed by atoms with Crippen molar-refractivity contribution in [3.05, 3.63) is 90.4 Å². The van der Waals surface area contributed by atoms with Crippen LogP contribution in [-0.2, 0) is 16.6 Å². The molecule has 0 saturated carbocycles. The average molecular weight is 480 g/mol. The number of aromatic nitrogens is 4. The summed E-state index contributed by atoms with van der Waals surface area (Å²) in [5.74, 6) is 0.609. The molecular weight excluding hydrogens is 458 g/mol. The molecule has 11 heteroatoms. The number of hydrogen-bond donors (Lipinski definition) is 3. The number of benzene rings is 2. The molecule has 4 aromatic rings. The van der Waals surface area contributed by atoms with Crippen molar-refractivity contribution in [2.24, 2.45) is 0 Å². The van der Waals surface area contributed by atoms with Gasteiger partial charge in [0.25, 0.3) is 10.0 Å². The van der Waals surface area contributed by atoms with E-state index in [0.717, 1.165) is 5.56 Å². The van der Waals surface area contributed by atoms with Crippen LogP contribution in [0.1, 0.15) is 11.1 Å². The molecule has 0 aliphatic rings. The van der Waals surface area contributed by atoms with Gasteiger partial charge < -0.3 is 10.6 Å². The molecule has 0 saturated heterocycles. The van der Waals surface area contributed by atoms with Crippen molar-refractivity contribution in [3.63, 3.8) is 0 Å². The molecule has 0 aliphatic heterocycles. The van der Waals surface area contributed by atoms with Crippen LogP contribution in [0.15, 0.2) is 84.1 Å². The first-order valence-electron chi connectivity index (χ1n) is 9.94. The molecule has 0 aliphatic carbocycles. The summed E-state index contributed by atoms with van der Waals surface area (Å²) in [6.45, 7) is 2.71. The van der Waals surface area contributed by atoms with Crippen LogP contribution in [0.2, 0.25) is 0 Å². The van der Waals surface area contributed by atoms with Crippen molar-refractivity contribution in [1.29, 1.82) is 0 Å². The highest BCUT2D eigenvalue weighted by atomic mass is 32.2. The van der Waals surface area contributed by atoms with Crippen LogP contribution in [-0.4, -0.2) is 33.3 Å². The number of sulfonamides is 1. The second-order valence-electron chi connectivity index (χ2n) is 7.17. The second kappa shape index (κ2) is 9.76. The number of anilines is 3. The molecule has 3 N–H and O–H groups in total. The first kappa shape index (κ1) is 22.4. The first-order valence-corrected chi connectivity index (χ1v) is 11.8. The fourth-order valence-electron chi connectivity index (χ4n) is 2.92. The molecule has 0 fully saturated rings. The molecule has 0 amide bonds. The van der Waals surface area contributed by atoms with Gasteiger partial charge in [-0.1, -0.05) is 29.8 Å². The number of nitrogens with zero attached hydrogens (tertiary/aromatic N) is 4. The van der Waals surface area contributed by atoms with E-state index in [1.807, 2.05) is 16.9 Å². The number of rotatable bonds is 7. The third kappa shape index (κ3) is 6.11. The summed E-state index contributed by atoms with van der Waals surface area (Å²) in [6, 6.07) is 17.9. The number of aryl methyl sites for hydroxylation is 1. The zero-order valence-corrected chi connectivity index (χ0v) is 19.3. The Balaban J connectivity index is 1.33. The van der Waals surface area contributed by atoms with Crippen LogP contribution < -0.4 is 15.4 Å². The minimum Gasteiger partial charge on any atom is -0.332 e. The van der Waals surface area contributed by atoms with Crippen molar-refractivity contribution >= 4 is 44.8 Å². The summed E-state index contributed by atoms with van der Waals surface area (Å²) >= 11 is 5.35. The molecule has 9 nitrogen and oxygen atoms in total. The van der Waals surface area contributed by atoms with Gasteiger partial charge in [-0.25, -0.2) is 23.1 Å². The Hall–Kier alpha value is -3.83. The zero-order valence-electron chi connectivity index (χ0n) is 17.6. The molecular formula is C22H21N7O2S2. The molecule has 168 valence electrons. The van der Waals surface area contributed by atoms with Gasteiger partial charge in [0, 0.05) is 30.3 Å². The van der Waals surface area contributed by atoms with E-state index in [1.54, 1.807) is 18.2 Å². The van der Waals surface area contributed by atoms with Crippen LogP contribution in [0.4, 0.5) is 17.5 Å². The number of nitrogens with one attached hydrogen (secondary N) is 3. The lowest BCUT2D eigenvalue weighted by molar-refractivity contribution is 0.601. The van der Waals surface area contributed by atoms with E-state index >= 15 is 0 Å². The molecule has 2 heterocycles. The van der Waals surface area contributed by atoms with Gasteiger partial charge in [0.1, 0.15) is 0 Å². The fraction of sp³-hybridized carbons (Fsp3) is 0.0909. The highest BCUT2D eigenvalue weighted by Crippen LogP contribution is 2.17. The summed E-state index contributed by atoms with van der Waals surface area (Å²) in [7, 11) is -3.80. The minimum absolute atomic E-state index is 0.00638. The van der Waals surface area contributed by atoms with E-state index in [9.17, 15) is 8.42 Å². The van der Waals surface area contributed by atoms with Crippen molar-refractivity contribution in [2.75, 3.05) is 15.4 Å². The van der Waals surface area contributed by atoms with Crippen molar-refractivity contribution in [3.8, 4) is 0 Å².